The monoisotopic (exact) mass is 259 g/mol. The van der Waals surface area contributed by atoms with E-state index in [2.05, 4.69) is 10.3 Å². The van der Waals surface area contributed by atoms with Gasteiger partial charge < -0.3 is 14.9 Å². The normalized spacial score (nSPS) is 11.1. The lowest BCUT2D eigenvalue weighted by Crippen LogP contribution is -2.36. The number of nitrogens with two attached hydrogens (primary N) is 1. The van der Waals surface area contributed by atoms with Crippen molar-refractivity contribution in [1.82, 2.24) is 5.32 Å². The van der Waals surface area contributed by atoms with Crippen molar-refractivity contribution in [3.05, 3.63) is 48.4 Å². The number of hydrogen-bond acceptors (Lipinski definition) is 4. The average molecular weight is 259 g/mol. The molecule has 0 fully saturated rings. The van der Waals surface area contributed by atoms with Crippen molar-refractivity contribution in [2.75, 3.05) is 7.11 Å². The van der Waals surface area contributed by atoms with E-state index >= 15 is 0 Å². The number of hydrogen-bond donors (Lipinski definition) is 2. The van der Waals surface area contributed by atoms with Gasteiger partial charge in [0.15, 0.2) is 5.76 Å². The Morgan fingerprint density at radius 1 is 1.32 bits per heavy atom. The number of furan rings is 1. The van der Waals surface area contributed by atoms with Gasteiger partial charge in [-0.05, 0) is 36.4 Å². The van der Waals surface area contributed by atoms with Gasteiger partial charge in [0.2, 0.25) is 5.96 Å². The molecule has 0 saturated carbocycles. The fourth-order valence-corrected chi connectivity index (χ4v) is 1.41. The van der Waals surface area contributed by atoms with Crippen molar-refractivity contribution in [3.63, 3.8) is 0 Å². The number of rotatable bonds is 3. The lowest BCUT2D eigenvalue weighted by molar-refractivity contribution is 0.0949. The summed E-state index contributed by atoms with van der Waals surface area (Å²) in [6.45, 7) is 0. The summed E-state index contributed by atoms with van der Waals surface area (Å²) in [5, 5.41) is 2.42. The second-order valence-corrected chi connectivity index (χ2v) is 3.63. The van der Waals surface area contributed by atoms with E-state index in [4.69, 9.17) is 14.9 Å². The Hall–Kier alpha value is -2.76. The van der Waals surface area contributed by atoms with Gasteiger partial charge >= 0.3 is 0 Å². The van der Waals surface area contributed by atoms with Gasteiger partial charge in [0.25, 0.3) is 5.91 Å². The summed E-state index contributed by atoms with van der Waals surface area (Å²) in [6.07, 6.45) is 1.41. The Morgan fingerprint density at radius 2 is 2.05 bits per heavy atom. The third-order valence-corrected chi connectivity index (χ3v) is 2.31. The highest BCUT2D eigenvalue weighted by atomic mass is 16.5. The van der Waals surface area contributed by atoms with Gasteiger partial charge in [-0.1, -0.05) is 0 Å². The first-order valence-corrected chi connectivity index (χ1v) is 5.52. The summed E-state index contributed by atoms with van der Waals surface area (Å²) < 4.78 is 9.96. The molecular formula is C13H13N3O3. The molecule has 98 valence electrons. The third-order valence-electron chi connectivity index (χ3n) is 2.31. The summed E-state index contributed by atoms with van der Waals surface area (Å²) in [5.74, 6) is 0.441. The molecule has 6 heteroatoms. The van der Waals surface area contributed by atoms with Gasteiger partial charge in [-0.25, -0.2) is 4.99 Å². The standard InChI is InChI=1S/C13H13N3O3/c1-18-10-6-4-9(5-7-10)15-13(14)16-12(17)11-3-2-8-19-11/h2-8H,1H3,(H3,14,15,16,17). The zero-order chi connectivity index (χ0) is 13.7. The first-order chi connectivity index (χ1) is 9.19. The van der Waals surface area contributed by atoms with Crippen LogP contribution in [-0.2, 0) is 0 Å². The van der Waals surface area contributed by atoms with Gasteiger partial charge in [-0.15, -0.1) is 0 Å². The van der Waals surface area contributed by atoms with Gasteiger partial charge in [-0.3, -0.25) is 10.1 Å². The predicted octanol–water partition coefficient (Wildman–Crippen LogP) is 1.66. The maximum atomic E-state index is 11.6. The summed E-state index contributed by atoms with van der Waals surface area (Å²) in [5.41, 5.74) is 6.24. The topological polar surface area (TPSA) is 89.9 Å². The molecule has 0 radical (unpaired) electrons. The lowest BCUT2D eigenvalue weighted by atomic mass is 10.3. The van der Waals surface area contributed by atoms with E-state index in [1.807, 2.05) is 0 Å². The first kappa shape index (κ1) is 12.7. The van der Waals surface area contributed by atoms with E-state index < -0.39 is 5.91 Å². The van der Waals surface area contributed by atoms with Gasteiger partial charge in [0, 0.05) is 0 Å². The fourth-order valence-electron chi connectivity index (χ4n) is 1.41. The highest BCUT2D eigenvalue weighted by Gasteiger charge is 2.09. The summed E-state index contributed by atoms with van der Waals surface area (Å²) in [6, 6.07) is 10.1. The number of methoxy groups -OCH3 is 1. The van der Waals surface area contributed by atoms with Crippen LogP contribution in [0, 0.1) is 0 Å². The molecule has 3 N–H and O–H groups in total. The number of carbonyl (C=O) groups is 1. The summed E-state index contributed by atoms with van der Waals surface area (Å²) in [4.78, 5) is 15.7. The molecule has 0 aliphatic carbocycles. The number of nitrogens with one attached hydrogen (secondary N) is 1. The first-order valence-electron chi connectivity index (χ1n) is 5.52. The van der Waals surface area contributed by atoms with Gasteiger partial charge in [0.1, 0.15) is 5.75 Å². The Kier molecular flexibility index (Phi) is 3.82. The highest BCUT2D eigenvalue weighted by molar-refractivity contribution is 6.04. The summed E-state index contributed by atoms with van der Waals surface area (Å²) >= 11 is 0. The molecule has 0 aliphatic heterocycles. The van der Waals surface area contributed by atoms with Crippen molar-refractivity contribution in [1.29, 1.82) is 0 Å². The molecule has 1 amide bonds. The van der Waals surface area contributed by atoms with E-state index in [1.165, 1.54) is 12.3 Å². The lowest BCUT2D eigenvalue weighted by Gasteiger charge is -2.03. The number of benzene rings is 1. The average Bonchev–Trinajstić information content (AvgIpc) is 2.93. The minimum atomic E-state index is -0.445. The Morgan fingerprint density at radius 3 is 2.63 bits per heavy atom. The molecule has 0 unspecified atom stereocenters. The Bertz CT molecular complexity index is 574. The minimum Gasteiger partial charge on any atom is -0.497 e. The van der Waals surface area contributed by atoms with E-state index in [0.717, 1.165) is 5.75 Å². The van der Waals surface area contributed by atoms with Crippen LogP contribution in [0.3, 0.4) is 0 Å². The van der Waals surface area contributed by atoms with Crippen LogP contribution >= 0.6 is 0 Å². The molecule has 0 spiro atoms. The Balaban J connectivity index is 2.04. The summed E-state index contributed by atoms with van der Waals surface area (Å²) in [7, 11) is 1.58. The molecule has 2 rings (SSSR count). The number of ether oxygens (including phenoxy) is 1. The second kappa shape index (κ2) is 5.72. The van der Waals surface area contributed by atoms with Gasteiger partial charge in [0.05, 0.1) is 19.1 Å². The zero-order valence-electron chi connectivity index (χ0n) is 10.3. The molecule has 1 heterocycles. The number of carbonyl (C=O) groups excluding carboxylic acids is 1. The third kappa shape index (κ3) is 3.35. The maximum absolute atomic E-state index is 11.6. The number of aliphatic imine (C=N–C) groups is 1. The number of amides is 1. The molecule has 2 aromatic rings. The molecule has 0 bridgehead atoms. The van der Waals surface area contributed by atoms with Crippen LogP contribution in [0.2, 0.25) is 0 Å². The SMILES string of the molecule is COc1ccc(N=C(N)NC(=O)c2ccco2)cc1. The van der Waals surface area contributed by atoms with Crippen LogP contribution in [0.1, 0.15) is 10.6 Å². The van der Waals surface area contributed by atoms with Crippen LogP contribution < -0.4 is 15.8 Å². The van der Waals surface area contributed by atoms with Crippen molar-refractivity contribution < 1.29 is 13.9 Å². The molecule has 0 saturated heterocycles. The molecule has 1 aromatic carbocycles. The number of nitrogens with zero attached hydrogens (tertiary/aromatic N) is 1. The van der Waals surface area contributed by atoms with Crippen LogP contribution in [0.15, 0.2) is 52.1 Å². The zero-order valence-corrected chi connectivity index (χ0v) is 10.3. The minimum absolute atomic E-state index is 0.00781. The molecule has 6 nitrogen and oxygen atoms in total. The van der Waals surface area contributed by atoms with Crippen molar-refractivity contribution in [2.24, 2.45) is 10.7 Å². The van der Waals surface area contributed by atoms with Crippen molar-refractivity contribution in [2.45, 2.75) is 0 Å². The van der Waals surface area contributed by atoms with E-state index in [9.17, 15) is 4.79 Å². The molecular weight excluding hydrogens is 246 g/mol. The van der Waals surface area contributed by atoms with Crippen molar-refractivity contribution >= 4 is 17.6 Å². The molecule has 19 heavy (non-hydrogen) atoms. The van der Waals surface area contributed by atoms with E-state index in [1.54, 1.807) is 37.4 Å². The second-order valence-electron chi connectivity index (χ2n) is 3.63. The van der Waals surface area contributed by atoms with E-state index in [0.29, 0.717) is 5.69 Å². The molecule has 0 atom stereocenters. The van der Waals surface area contributed by atoms with Crippen LogP contribution in [0.5, 0.6) is 5.75 Å². The highest BCUT2D eigenvalue weighted by Crippen LogP contribution is 2.17. The Labute approximate surface area is 109 Å². The molecule has 1 aromatic heterocycles. The maximum Gasteiger partial charge on any atom is 0.293 e. The van der Waals surface area contributed by atoms with E-state index in [-0.39, 0.29) is 11.7 Å². The van der Waals surface area contributed by atoms with Crippen LogP contribution in [0.4, 0.5) is 5.69 Å². The fraction of sp³-hybridized carbons (Fsp3) is 0.0769. The quantitative estimate of drug-likeness (QED) is 0.648. The van der Waals surface area contributed by atoms with Crippen LogP contribution in [-0.4, -0.2) is 19.0 Å². The predicted molar refractivity (Wildman–Crippen MR) is 70.5 cm³/mol. The van der Waals surface area contributed by atoms with Crippen LogP contribution in [0.25, 0.3) is 0 Å². The van der Waals surface area contributed by atoms with Crippen molar-refractivity contribution in [3.8, 4) is 5.75 Å². The number of guanidine groups is 1. The van der Waals surface area contributed by atoms with Gasteiger partial charge in [-0.2, -0.15) is 0 Å². The smallest absolute Gasteiger partial charge is 0.293 e. The molecule has 0 aliphatic rings. The largest absolute Gasteiger partial charge is 0.497 e.